The number of rotatable bonds is 1. The molecular formula is C7H10O2S. The van der Waals surface area contributed by atoms with Crippen molar-refractivity contribution >= 4 is 11.1 Å². The fourth-order valence-corrected chi connectivity index (χ4v) is 1.33. The molecule has 1 aliphatic carbocycles. The molecule has 0 aliphatic heterocycles. The summed E-state index contributed by atoms with van der Waals surface area (Å²) in [4.78, 5) is 0. The molecule has 2 nitrogen and oxygen atoms in total. The molecule has 10 heavy (non-hydrogen) atoms. The van der Waals surface area contributed by atoms with Gasteiger partial charge in [0.1, 0.15) is 0 Å². The third-order valence-corrected chi connectivity index (χ3v) is 2.37. The molecule has 0 aromatic rings. The van der Waals surface area contributed by atoms with Crippen LogP contribution in [-0.4, -0.2) is 14.0 Å². The van der Waals surface area contributed by atoms with Crippen LogP contribution in [0.15, 0.2) is 23.8 Å². The summed E-state index contributed by atoms with van der Waals surface area (Å²) in [6.07, 6.45) is 6.32. The normalized spacial score (nSPS) is 27.8. The summed E-state index contributed by atoms with van der Waals surface area (Å²) in [5.74, 6) is 0. The predicted octanol–water partition coefficient (Wildman–Crippen LogP) is 1.48. The monoisotopic (exact) mass is 158 g/mol. The maximum absolute atomic E-state index is 10.5. The van der Waals surface area contributed by atoms with Gasteiger partial charge in [0.2, 0.25) is 0 Å². The van der Waals surface area contributed by atoms with Gasteiger partial charge in [-0.05, 0) is 13.3 Å². The Morgan fingerprint density at radius 1 is 1.80 bits per heavy atom. The summed E-state index contributed by atoms with van der Waals surface area (Å²) in [7, 11) is 0. The van der Waals surface area contributed by atoms with E-state index in [4.69, 9.17) is 4.55 Å². The lowest BCUT2D eigenvalue weighted by atomic mass is 10.1. The minimum Gasteiger partial charge on any atom is -0.306 e. The highest BCUT2D eigenvalue weighted by Crippen LogP contribution is 2.12. The van der Waals surface area contributed by atoms with Gasteiger partial charge < -0.3 is 4.55 Å². The minimum absolute atomic E-state index is 0.191. The maximum atomic E-state index is 10.5. The second kappa shape index (κ2) is 3.12. The molecule has 3 heteroatoms. The van der Waals surface area contributed by atoms with Crippen LogP contribution < -0.4 is 0 Å². The van der Waals surface area contributed by atoms with Crippen LogP contribution in [0.1, 0.15) is 13.3 Å². The van der Waals surface area contributed by atoms with Crippen LogP contribution in [0.3, 0.4) is 0 Å². The molecule has 1 aliphatic rings. The lowest BCUT2D eigenvalue weighted by molar-refractivity contribution is 0.556. The predicted molar refractivity (Wildman–Crippen MR) is 42.1 cm³/mol. The van der Waals surface area contributed by atoms with E-state index < -0.39 is 11.1 Å². The summed E-state index contributed by atoms with van der Waals surface area (Å²) < 4.78 is 19.1. The van der Waals surface area contributed by atoms with Crippen LogP contribution in [0.2, 0.25) is 0 Å². The van der Waals surface area contributed by atoms with Crippen LogP contribution in [0, 0.1) is 0 Å². The summed E-state index contributed by atoms with van der Waals surface area (Å²) in [5.41, 5.74) is 1.17. The van der Waals surface area contributed by atoms with E-state index in [9.17, 15) is 4.21 Å². The Hall–Kier alpha value is -0.410. The van der Waals surface area contributed by atoms with Gasteiger partial charge in [0, 0.05) is 0 Å². The van der Waals surface area contributed by atoms with Gasteiger partial charge in [-0.1, -0.05) is 23.8 Å². The van der Waals surface area contributed by atoms with Gasteiger partial charge in [0.25, 0.3) is 0 Å². The molecular weight excluding hydrogens is 148 g/mol. The smallest absolute Gasteiger partial charge is 0.160 e. The Labute approximate surface area is 62.9 Å². The molecule has 0 saturated carbocycles. The molecule has 1 N–H and O–H groups in total. The van der Waals surface area contributed by atoms with E-state index in [0.717, 1.165) is 0 Å². The van der Waals surface area contributed by atoms with Crippen molar-refractivity contribution in [1.29, 1.82) is 0 Å². The van der Waals surface area contributed by atoms with Crippen LogP contribution in [0.25, 0.3) is 0 Å². The standard InChI is InChI=1S/C7H10O2S/c1-6-2-4-7(5-3-6)10(8)9/h2-4,7H,5H2,1H3,(H,8,9). The van der Waals surface area contributed by atoms with Crippen molar-refractivity contribution in [3.63, 3.8) is 0 Å². The zero-order chi connectivity index (χ0) is 7.56. The molecule has 2 atom stereocenters. The summed E-state index contributed by atoms with van der Waals surface area (Å²) >= 11 is -1.70. The highest BCUT2D eigenvalue weighted by Gasteiger charge is 2.11. The third kappa shape index (κ3) is 1.78. The van der Waals surface area contributed by atoms with Crippen molar-refractivity contribution in [2.75, 3.05) is 0 Å². The van der Waals surface area contributed by atoms with E-state index in [1.165, 1.54) is 5.57 Å². The Balaban J connectivity index is 2.60. The van der Waals surface area contributed by atoms with E-state index in [1.807, 2.05) is 19.1 Å². The van der Waals surface area contributed by atoms with Gasteiger partial charge >= 0.3 is 0 Å². The Kier molecular flexibility index (Phi) is 2.40. The molecule has 56 valence electrons. The van der Waals surface area contributed by atoms with Crippen LogP contribution in [0.4, 0.5) is 0 Å². The Bertz CT molecular complexity index is 206. The second-order valence-electron chi connectivity index (χ2n) is 2.36. The van der Waals surface area contributed by atoms with Gasteiger partial charge in [-0.25, -0.2) is 4.21 Å². The van der Waals surface area contributed by atoms with Crippen molar-refractivity contribution in [1.82, 2.24) is 0 Å². The largest absolute Gasteiger partial charge is 0.306 e. The van der Waals surface area contributed by atoms with Crippen molar-refractivity contribution in [2.45, 2.75) is 18.6 Å². The Morgan fingerprint density at radius 2 is 2.50 bits per heavy atom. The van der Waals surface area contributed by atoms with E-state index >= 15 is 0 Å². The lowest BCUT2D eigenvalue weighted by Gasteiger charge is -2.09. The zero-order valence-corrected chi connectivity index (χ0v) is 6.60. The molecule has 0 saturated heterocycles. The quantitative estimate of drug-likeness (QED) is 0.587. The zero-order valence-electron chi connectivity index (χ0n) is 5.78. The first kappa shape index (κ1) is 7.69. The molecule has 0 radical (unpaired) electrons. The van der Waals surface area contributed by atoms with Crippen LogP contribution >= 0.6 is 0 Å². The number of allylic oxidation sites excluding steroid dienone is 3. The topological polar surface area (TPSA) is 37.3 Å². The first-order valence-corrected chi connectivity index (χ1v) is 4.32. The van der Waals surface area contributed by atoms with E-state index in [-0.39, 0.29) is 5.25 Å². The van der Waals surface area contributed by atoms with Gasteiger partial charge in [-0.15, -0.1) is 0 Å². The van der Waals surface area contributed by atoms with Gasteiger partial charge in [0.05, 0.1) is 5.25 Å². The molecule has 0 bridgehead atoms. The number of hydrogen-bond donors (Lipinski definition) is 1. The third-order valence-electron chi connectivity index (χ3n) is 1.50. The average Bonchev–Trinajstić information content (AvgIpc) is 1.88. The lowest BCUT2D eigenvalue weighted by Crippen LogP contribution is -2.12. The Morgan fingerprint density at radius 3 is 2.90 bits per heavy atom. The van der Waals surface area contributed by atoms with E-state index in [2.05, 4.69) is 0 Å². The SMILES string of the molecule is CC1=CCC(S(=O)O)C=C1. The van der Waals surface area contributed by atoms with Crippen molar-refractivity contribution < 1.29 is 8.76 Å². The van der Waals surface area contributed by atoms with Gasteiger partial charge in [-0.3, -0.25) is 0 Å². The van der Waals surface area contributed by atoms with Crippen LogP contribution in [-0.2, 0) is 11.1 Å². The van der Waals surface area contributed by atoms with E-state index in [1.54, 1.807) is 6.08 Å². The molecule has 0 amide bonds. The van der Waals surface area contributed by atoms with Crippen LogP contribution in [0.5, 0.6) is 0 Å². The minimum atomic E-state index is -1.70. The van der Waals surface area contributed by atoms with Gasteiger partial charge in [0.15, 0.2) is 11.1 Å². The first-order chi connectivity index (χ1) is 4.70. The molecule has 0 aromatic heterocycles. The average molecular weight is 158 g/mol. The molecule has 0 fully saturated rings. The molecule has 2 unspecified atom stereocenters. The molecule has 1 rings (SSSR count). The summed E-state index contributed by atoms with van der Waals surface area (Å²) in [6, 6.07) is 0. The highest BCUT2D eigenvalue weighted by atomic mass is 32.2. The molecule has 0 aromatic carbocycles. The van der Waals surface area contributed by atoms with Gasteiger partial charge in [-0.2, -0.15) is 0 Å². The summed E-state index contributed by atoms with van der Waals surface area (Å²) in [6.45, 7) is 1.98. The van der Waals surface area contributed by atoms with Crippen molar-refractivity contribution in [3.8, 4) is 0 Å². The highest BCUT2D eigenvalue weighted by molar-refractivity contribution is 7.80. The number of hydrogen-bond acceptors (Lipinski definition) is 1. The summed E-state index contributed by atoms with van der Waals surface area (Å²) in [5, 5.41) is -0.191. The second-order valence-corrected chi connectivity index (χ2v) is 3.52. The molecule has 0 heterocycles. The molecule has 0 spiro atoms. The maximum Gasteiger partial charge on any atom is 0.160 e. The van der Waals surface area contributed by atoms with Crippen molar-refractivity contribution in [2.24, 2.45) is 0 Å². The fraction of sp³-hybridized carbons (Fsp3) is 0.429. The van der Waals surface area contributed by atoms with Crippen molar-refractivity contribution in [3.05, 3.63) is 23.8 Å². The first-order valence-electron chi connectivity index (χ1n) is 3.15. The fourth-order valence-electron chi connectivity index (χ4n) is 0.857. The van der Waals surface area contributed by atoms with E-state index in [0.29, 0.717) is 6.42 Å².